The highest BCUT2D eigenvalue weighted by Gasteiger charge is 2.28. The van der Waals surface area contributed by atoms with E-state index in [-0.39, 0.29) is 5.75 Å². The summed E-state index contributed by atoms with van der Waals surface area (Å²) in [7, 11) is -2.99. The highest BCUT2D eigenvalue weighted by molar-refractivity contribution is 7.90. The quantitative estimate of drug-likeness (QED) is 0.851. The standard InChI is InChI=1S/C14H15NO2S2/c16-19(17,9-11-6-7-11)10-14-15-13(8-18-14)12-4-2-1-3-5-12/h1-5,8,11H,6-7,9-10H2. The summed E-state index contributed by atoms with van der Waals surface area (Å²) in [5.74, 6) is 0.812. The first-order chi connectivity index (χ1) is 9.12. The minimum Gasteiger partial charge on any atom is -0.240 e. The first-order valence-corrected chi connectivity index (χ1v) is 9.03. The number of rotatable bonds is 5. The fourth-order valence-electron chi connectivity index (χ4n) is 2.01. The second-order valence-electron chi connectivity index (χ2n) is 4.99. The molecule has 0 spiro atoms. The van der Waals surface area contributed by atoms with E-state index in [0.717, 1.165) is 24.1 Å². The molecule has 1 aliphatic carbocycles. The van der Waals surface area contributed by atoms with Gasteiger partial charge in [-0.2, -0.15) is 0 Å². The van der Waals surface area contributed by atoms with Crippen molar-refractivity contribution in [2.75, 3.05) is 5.75 Å². The first kappa shape index (κ1) is 12.8. The third-order valence-electron chi connectivity index (χ3n) is 3.15. The number of hydrogen-bond donors (Lipinski definition) is 0. The Morgan fingerprint density at radius 1 is 1.21 bits per heavy atom. The van der Waals surface area contributed by atoms with Gasteiger partial charge in [0.25, 0.3) is 0 Å². The van der Waals surface area contributed by atoms with Crippen LogP contribution in [0.1, 0.15) is 17.8 Å². The van der Waals surface area contributed by atoms with E-state index in [0.29, 0.717) is 16.7 Å². The summed E-state index contributed by atoms with van der Waals surface area (Å²) < 4.78 is 23.9. The lowest BCUT2D eigenvalue weighted by Gasteiger charge is -2.00. The molecule has 0 unspecified atom stereocenters. The maximum Gasteiger partial charge on any atom is 0.157 e. The highest BCUT2D eigenvalue weighted by Crippen LogP contribution is 2.31. The van der Waals surface area contributed by atoms with Crippen LogP contribution in [-0.2, 0) is 15.6 Å². The Labute approximate surface area is 117 Å². The van der Waals surface area contributed by atoms with Crippen molar-refractivity contribution in [2.45, 2.75) is 18.6 Å². The second kappa shape index (κ2) is 5.06. The van der Waals surface area contributed by atoms with Crippen molar-refractivity contribution in [3.63, 3.8) is 0 Å². The molecule has 0 radical (unpaired) electrons. The van der Waals surface area contributed by atoms with Crippen molar-refractivity contribution >= 4 is 21.2 Å². The molecule has 100 valence electrons. The summed E-state index contributed by atoms with van der Waals surface area (Å²) in [5.41, 5.74) is 1.90. The van der Waals surface area contributed by atoms with E-state index in [1.165, 1.54) is 11.3 Å². The number of thiazole rings is 1. The number of benzene rings is 1. The molecule has 1 aliphatic rings. The van der Waals surface area contributed by atoms with Crippen LogP contribution in [0.3, 0.4) is 0 Å². The van der Waals surface area contributed by atoms with Crippen LogP contribution in [0.5, 0.6) is 0 Å². The molecule has 1 aromatic carbocycles. The Kier molecular flexibility index (Phi) is 3.41. The molecule has 0 bridgehead atoms. The molecular weight excluding hydrogens is 278 g/mol. The zero-order valence-electron chi connectivity index (χ0n) is 10.5. The van der Waals surface area contributed by atoms with Crippen LogP contribution in [0, 0.1) is 5.92 Å². The first-order valence-electron chi connectivity index (χ1n) is 6.33. The summed E-state index contributed by atoms with van der Waals surface area (Å²) in [6, 6.07) is 9.84. The van der Waals surface area contributed by atoms with E-state index < -0.39 is 9.84 Å². The fraction of sp³-hybridized carbons (Fsp3) is 0.357. The molecule has 1 fully saturated rings. The van der Waals surface area contributed by atoms with Crippen LogP contribution in [0.4, 0.5) is 0 Å². The molecule has 1 saturated carbocycles. The van der Waals surface area contributed by atoms with Gasteiger partial charge in [0, 0.05) is 10.9 Å². The van der Waals surface area contributed by atoms with E-state index in [4.69, 9.17) is 0 Å². The number of sulfone groups is 1. The van der Waals surface area contributed by atoms with Gasteiger partial charge in [0.05, 0.1) is 11.4 Å². The van der Waals surface area contributed by atoms with Crippen LogP contribution in [-0.4, -0.2) is 19.2 Å². The van der Waals surface area contributed by atoms with E-state index in [2.05, 4.69) is 4.98 Å². The van der Waals surface area contributed by atoms with Crippen molar-refractivity contribution in [3.8, 4) is 11.3 Å². The van der Waals surface area contributed by atoms with Gasteiger partial charge in [-0.1, -0.05) is 30.3 Å². The summed E-state index contributed by atoms with van der Waals surface area (Å²) in [6.07, 6.45) is 2.12. The van der Waals surface area contributed by atoms with Gasteiger partial charge >= 0.3 is 0 Å². The number of hydrogen-bond acceptors (Lipinski definition) is 4. The molecule has 1 heterocycles. The lowest BCUT2D eigenvalue weighted by Crippen LogP contribution is -2.10. The fourth-order valence-corrected chi connectivity index (χ4v) is 5.02. The molecule has 19 heavy (non-hydrogen) atoms. The molecule has 5 heteroatoms. The van der Waals surface area contributed by atoms with Gasteiger partial charge in [0.1, 0.15) is 10.8 Å². The Morgan fingerprint density at radius 3 is 2.63 bits per heavy atom. The van der Waals surface area contributed by atoms with Gasteiger partial charge in [0.15, 0.2) is 9.84 Å². The number of aromatic nitrogens is 1. The van der Waals surface area contributed by atoms with E-state index in [9.17, 15) is 8.42 Å². The van der Waals surface area contributed by atoms with Crippen LogP contribution in [0.25, 0.3) is 11.3 Å². The molecule has 0 amide bonds. The lowest BCUT2D eigenvalue weighted by atomic mass is 10.2. The average Bonchev–Trinajstić information content (AvgIpc) is 3.05. The molecule has 1 aromatic heterocycles. The van der Waals surface area contributed by atoms with E-state index in [1.54, 1.807) is 0 Å². The molecule has 3 rings (SSSR count). The lowest BCUT2D eigenvalue weighted by molar-refractivity contribution is 0.591. The van der Waals surface area contributed by atoms with Gasteiger partial charge < -0.3 is 0 Å². The predicted molar refractivity (Wildman–Crippen MR) is 77.8 cm³/mol. The average molecular weight is 293 g/mol. The van der Waals surface area contributed by atoms with Crippen molar-refractivity contribution < 1.29 is 8.42 Å². The summed E-state index contributed by atoms with van der Waals surface area (Å²) in [5, 5.41) is 2.62. The second-order valence-corrected chi connectivity index (χ2v) is 8.04. The van der Waals surface area contributed by atoms with Crippen molar-refractivity contribution in [1.82, 2.24) is 4.98 Å². The SMILES string of the molecule is O=S(=O)(Cc1nc(-c2ccccc2)cs1)CC1CC1. The summed E-state index contributed by atoms with van der Waals surface area (Å²) in [4.78, 5) is 4.43. The number of nitrogens with zero attached hydrogens (tertiary/aromatic N) is 1. The Morgan fingerprint density at radius 2 is 1.95 bits per heavy atom. The normalized spacial score (nSPS) is 15.6. The van der Waals surface area contributed by atoms with Gasteiger partial charge in [0.2, 0.25) is 0 Å². The van der Waals surface area contributed by atoms with Gasteiger partial charge in [-0.3, -0.25) is 0 Å². The van der Waals surface area contributed by atoms with Crippen LogP contribution < -0.4 is 0 Å². The third-order valence-corrected chi connectivity index (χ3v) is 5.88. The van der Waals surface area contributed by atoms with Crippen LogP contribution in [0.2, 0.25) is 0 Å². The van der Waals surface area contributed by atoms with Gasteiger partial charge in [-0.15, -0.1) is 11.3 Å². The molecule has 0 aliphatic heterocycles. The molecule has 0 saturated heterocycles. The van der Waals surface area contributed by atoms with E-state index >= 15 is 0 Å². The highest BCUT2D eigenvalue weighted by atomic mass is 32.2. The zero-order valence-corrected chi connectivity index (χ0v) is 12.1. The predicted octanol–water partition coefficient (Wildman–Crippen LogP) is 3.13. The maximum absolute atomic E-state index is 12.0. The zero-order chi connectivity index (χ0) is 13.3. The Bertz CT molecular complexity index is 658. The van der Waals surface area contributed by atoms with Crippen molar-refractivity contribution in [3.05, 3.63) is 40.7 Å². The molecule has 0 atom stereocenters. The summed E-state index contributed by atoms with van der Waals surface area (Å²) >= 11 is 1.43. The minimum atomic E-state index is -2.99. The van der Waals surface area contributed by atoms with Gasteiger partial charge in [-0.05, 0) is 18.8 Å². The van der Waals surface area contributed by atoms with Crippen molar-refractivity contribution in [1.29, 1.82) is 0 Å². The molecule has 0 N–H and O–H groups in total. The molecule has 3 nitrogen and oxygen atoms in total. The van der Waals surface area contributed by atoms with Crippen LogP contribution >= 0.6 is 11.3 Å². The smallest absolute Gasteiger partial charge is 0.157 e. The summed E-state index contributed by atoms with van der Waals surface area (Å²) in [6.45, 7) is 0. The van der Waals surface area contributed by atoms with Gasteiger partial charge in [-0.25, -0.2) is 13.4 Å². The molecular formula is C14H15NO2S2. The Balaban J connectivity index is 1.74. The van der Waals surface area contributed by atoms with Crippen molar-refractivity contribution in [2.24, 2.45) is 5.92 Å². The molecule has 2 aromatic rings. The maximum atomic E-state index is 12.0. The monoisotopic (exact) mass is 293 g/mol. The Hall–Kier alpha value is -1.20. The largest absolute Gasteiger partial charge is 0.240 e. The topological polar surface area (TPSA) is 47.0 Å². The van der Waals surface area contributed by atoms with E-state index in [1.807, 2.05) is 35.7 Å². The minimum absolute atomic E-state index is 0.0843. The van der Waals surface area contributed by atoms with Crippen LogP contribution in [0.15, 0.2) is 35.7 Å². The third kappa shape index (κ3) is 3.42.